The summed E-state index contributed by atoms with van der Waals surface area (Å²) in [4.78, 5) is 25.4. The van der Waals surface area contributed by atoms with Crippen LogP contribution in [0.3, 0.4) is 0 Å². The fourth-order valence-electron chi connectivity index (χ4n) is 3.09. The Bertz CT molecular complexity index is 535. The zero-order valence-electron chi connectivity index (χ0n) is 14.7. The predicted octanol–water partition coefficient (Wildman–Crippen LogP) is 3.07. The minimum absolute atomic E-state index is 0.0393. The van der Waals surface area contributed by atoms with Crippen LogP contribution in [0.5, 0.6) is 0 Å². The number of likely N-dealkylation sites (tertiary alicyclic amines) is 1. The second-order valence-corrected chi connectivity index (χ2v) is 7.34. The Labute approximate surface area is 149 Å². The van der Waals surface area contributed by atoms with E-state index in [2.05, 4.69) is 29.6 Å². The van der Waals surface area contributed by atoms with Crippen LogP contribution in [0.2, 0.25) is 0 Å². The highest BCUT2D eigenvalue weighted by Gasteiger charge is 2.44. The first kappa shape index (κ1) is 18.8. The highest BCUT2D eigenvalue weighted by atomic mass is 32.2. The Kier molecular flexibility index (Phi) is 7.63. The van der Waals surface area contributed by atoms with Crippen molar-refractivity contribution in [1.82, 2.24) is 10.2 Å². The van der Waals surface area contributed by atoms with Gasteiger partial charge in [-0.15, -0.1) is 11.8 Å². The highest BCUT2D eigenvalue weighted by molar-refractivity contribution is 7.99. The number of carbonyl (C=O) groups excluding carboxylic acids is 2. The molecular formula is C19H28N2O2S. The van der Waals surface area contributed by atoms with E-state index < -0.39 is 0 Å². The molecule has 0 saturated carbocycles. The van der Waals surface area contributed by atoms with Crippen LogP contribution in [0.15, 0.2) is 30.3 Å². The molecule has 2 atom stereocenters. The van der Waals surface area contributed by atoms with Crippen LogP contribution in [0, 0.1) is 5.92 Å². The maximum absolute atomic E-state index is 11.9. The average molecular weight is 349 g/mol. The van der Waals surface area contributed by atoms with Gasteiger partial charge in [0.2, 0.25) is 11.8 Å². The summed E-state index contributed by atoms with van der Waals surface area (Å²) >= 11 is 1.63. The number of aryl methyl sites for hydroxylation is 1. The van der Waals surface area contributed by atoms with E-state index >= 15 is 0 Å². The molecule has 2 amide bonds. The van der Waals surface area contributed by atoms with Crippen LogP contribution in [0.25, 0.3) is 0 Å². The SMILES string of the molecule is CS[C@H]1[C@H](C)C(=O)N1CC(=O)NCCCCCCc1ccccc1. The van der Waals surface area contributed by atoms with Crippen molar-refractivity contribution < 1.29 is 9.59 Å². The molecule has 1 aliphatic rings. The van der Waals surface area contributed by atoms with Gasteiger partial charge < -0.3 is 10.2 Å². The van der Waals surface area contributed by atoms with E-state index in [9.17, 15) is 9.59 Å². The fraction of sp³-hybridized carbons (Fsp3) is 0.579. The lowest BCUT2D eigenvalue weighted by molar-refractivity contribution is -0.152. The van der Waals surface area contributed by atoms with Gasteiger partial charge in [-0.05, 0) is 31.1 Å². The van der Waals surface area contributed by atoms with Gasteiger partial charge in [0.05, 0.1) is 11.3 Å². The summed E-state index contributed by atoms with van der Waals surface area (Å²) in [6, 6.07) is 10.5. The number of hydrogen-bond donors (Lipinski definition) is 1. The van der Waals surface area contributed by atoms with E-state index in [4.69, 9.17) is 0 Å². The number of hydrogen-bond acceptors (Lipinski definition) is 3. The Hall–Kier alpha value is -1.49. The zero-order valence-corrected chi connectivity index (χ0v) is 15.5. The maximum Gasteiger partial charge on any atom is 0.239 e. The molecular weight excluding hydrogens is 320 g/mol. The van der Waals surface area contributed by atoms with Gasteiger partial charge in [-0.1, -0.05) is 50.1 Å². The molecule has 1 heterocycles. The molecule has 24 heavy (non-hydrogen) atoms. The molecule has 1 aromatic carbocycles. The highest BCUT2D eigenvalue weighted by Crippen LogP contribution is 2.32. The molecule has 4 nitrogen and oxygen atoms in total. The van der Waals surface area contributed by atoms with E-state index in [-0.39, 0.29) is 29.7 Å². The zero-order chi connectivity index (χ0) is 17.4. The van der Waals surface area contributed by atoms with Gasteiger partial charge in [0.15, 0.2) is 0 Å². The largest absolute Gasteiger partial charge is 0.355 e. The topological polar surface area (TPSA) is 49.4 Å². The van der Waals surface area contributed by atoms with Crippen molar-refractivity contribution in [2.45, 2.75) is 44.4 Å². The number of thioether (sulfide) groups is 1. The summed E-state index contributed by atoms with van der Waals surface area (Å²) < 4.78 is 0. The van der Waals surface area contributed by atoms with Crippen molar-refractivity contribution in [2.75, 3.05) is 19.3 Å². The third-order valence-corrected chi connectivity index (χ3v) is 5.67. The molecule has 0 bridgehead atoms. The third kappa shape index (κ3) is 5.26. The molecule has 132 valence electrons. The Balaban J connectivity index is 1.50. The first-order valence-corrected chi connectivity index (χ1v) is 10.1. The van der Waals surface area contributed by atoms with E-state index in [0.29, 0.717) is 6.54 Å². The number of carbonyl (C=O) groups is 2. The van der Waals surface area contributed by atoms with Crippen LogP contribution < -0.4 is 5.32 Å². The molecule has 0 radical (unpaired) electrons. The molecule has 2 rings (SSSR count). The molecule has 1 aromatic rings. The van der Waals surface area contributed by atoms with Crippen molar-refractivity contribution in [1.29, 1.82) is 0 Å². The summed E-state index contributed by atoms with van der Waals surface area (Å²) in [6.45, 7) is 2.82. The van der Waals surface area contributed by atoms with Crippen LogP contribution in [-0.4, -0.2) is 41.4 Å². The van der Waals surface area contributed by atoms with E-state index in [0.717, 1.165) is 19.3 Å². The lowest BCUT2D eigenvalue weighted by Gasteiger charge is -2.44. The number of nitrogens with zero attached hydrogens (tertiary/aromatic N) is 1. The van der Waals surface area contributed by atoms with Gasteiger partial charge in [-0.25, -0.2) is 0 Å². The summed E-state index contributed by atoms with van der Waals surface area (Å²) in [7, 11) is 0. The molecule has 1 saturated heterocycles. The van der Waals surface area contributed by atoms with Gasteiger partial charge in [0.25, 0.3) is 0 Å². The quantitative estimate of drug-likeness (QED) is 0.522. The third-order valence-electron chi connectivity index (χ3n) is 4.52. The second kappa shape index (κ2) is 9.72. The molecule has 0 aliphatic carbocycles. The van der Waals surface area contributed by atoms with Crippen LogP contribution >= 0.6 is 11.8 Å². The normalized spacial score (nSPS) is 19.9. The predicted molar refractivity (Wildman–Crippen MR) is 99.8 cm³/mol. The molecule has 1 fully saturated rings. The van der Waals surface area contributed by atoms with E-state index in [1.165, 1.54) is 18.4 Å². The standard InChI is InChI=1S/C19H28N2O2S/c1-15-18(23)21(19(15)24-2)14-17(22)20-13-9-4-3-6-10-16-11-7-5-8-12-16/h5,7-8,11-12,15,19H,3-4,6,9-10,13-14H2,1-2H3,(H,20,22)/t15-,19+/m1/s1. The molecule has 1 N–H and O–H groups in total. The van der Waals surface area contributed by atoms with E-state index in [1.807, 2.05) is 19.2 Å². The van der Waals surface area contributed by atoms with Gasteiger partial charge in [-0.3, -0.25) is 9.59 Å². The van der Waals surface area contributed by atoms with Crippen molar-refractivity contribution in [3.8, 4) is 0 Å². The first-order valence-electron chi connectivity index (χ1n) is 8.77. The summed E-state index contributed by atoms with van der Waals surface area (Å²) in [5.41, 5.74) is 1.39. The minimum atomic E-state index is -0.0430. The Morgan fingerprint density at radius 2 is 1.88 bits per heavy atom. The Morgan fingerprint density at radius 1 is 1.17 bits per heavy atom. The summed E-state index contributed by atoms with van der Waals surface area (Å²) in [5, 5.41) is 3.08. The van der Waals surface area contributed by atoms with Gasteiger partial charge in [0, 0.05) is 6.54 Å². The smallest absolute Gasteiger partial charge is 0.239 e. The van der Waals surface area contributed by atoms with Gasteiger partial charge in [0.1, 0.15) is 6.54 Å². The Morgan fingerprint density at radius 3 is 2.58 bits per heavy atom. The van der Waals surface area contributed by atoms with E-state index in [1.54, 1.807) is 16.7 Å². The van der Waals surface area contributed by atoms with Crippen molar-refractivity contribution in [3.63, 3.8) is 0 Å². The van der Waals surface area contributed by atoms with Gasteiger partial charge >= 0.3 is 0 Å². The van der Waals surface area contributed by atoms with Gasteiger partial charge in [-0.2, -0.15) is 0 Å². The lowest BCUT2D eigenvalue weighted by Crippen LogP contribution is -2.60. The number of amides is 2. The van der Waals surface area contributed by atoms with Crippen LogP contribution in [-0.2, 0) is 16.0 Å². The molecule has 5 heteroatoms. The monoisotopic (exact) mass is 348 g/mol. The molecule has 0 unspecified atom stereocenters. The average Bonchev–Trinajstić information content (AvgIpc) is 2.61. The first-order chi connectivity index (χ1) is 11.6. The number of benzene rings is 1. The summed E-state index contributed by atoms with van der Waals surface area (Å²) in [5.74, 6) is 0.0846. The maximum atomic E-state index is 11.9. The van der Waals surface area contributed by atoms with Crippen LogP contribution in [0.1, 0.15) is 38.2 Å². The van der Waals surface area contributed by atoms with Crippen LogP contribution in [0.4, 0.5) is 0 Å². The van der Waals surface area contributed by atoms with Crippen molar-refractivity contribution >= 4 is 23.6 Å². The molecule has 0 spiro atoms. The van der Waals surface area contributed by atoms with Crippen molar-refractivity contribution in [3.05, 3.63) is 35.9 Å². The minimum Gasteiger partial charge on any atom is -0.355 e. The van der Waals surface area contributed by atoms with Crippen molar-refractivity contribution in [2.24, 2.45) is 5.92 Å². The second-order valence-electron chi connectivity index (χ2n) is 6.38. The number of nitrogens with one attached hydrogen (secondary N) is 1. The number of rotatable bonds is 10. The summed E-state index contributed by atoms with van der Waals surface area (Å²) in [6.07, 6.45) is 7.60. The molecule has 0 aromatic heterocycles. The fourth-order valence-corrected chi connectivity index (χ4v) is 4.04. The number of unbranched alkanes of at least 4 members (excludes halogenated alkanes) is 3. The number of β-lactam (4-membered cyclic amide) rings is 1. The molecule has 1 aliphatic heterocycles. The lowest BCUT2D eigenvalue weighted by atomic mass is 10.0.